The predicted octanol–water partition coefficient (Wildman–Crippen LogP) is 2.69. The molecule has 1 rings (SSSR count). The van der Waals surface area contributed by atoms with E-state index in [9.17, 15) is 4.79 Å². The Hall–Kier alpha value is -1.98. The van der Waals surface area contributed by atoms with E-state index >= 15 is 0 Å². The molecule has 0 bridgehead atoms. The molecule has 0 aliphatic rings. The molecular weight excluding hydrogens is 268 g/mol. The van der Waals surface area contributed by atoms with Gasteiger partial charge in [-0.05, 0) is 52.7 Å². The third kappa shape index (κ3) is 7.39. The van der Waals surface area contributed by atoms with Gasteiger partial charge in [-0.15, -0.1) is 0 Å². The van der Waals surface area contributed by atoms with Gasteiger partial charge in [0.2, 0.25) is 0 Å². The smallest absolute Gasteiger partial charge is 0.407 e. The standard InChI is InChI=1S/C15H26N4O2/c1-11-12(16)7-8-13(19-11)17-9-5-6-10-18-14(20)21-15(2,3)4/h7-8H,5-6,9-10,16H2,1-4H3,(H,17,19)(H,18,20). The van der Waals surface area contributed by atoms with Crippen molar-refractivity contribution in [2.45, 2.75) is 46.1 Å². The van der Waals surface area contributed by atoms with Crippen LogP contribution in [0.25, 0.3) is 0 Å². The Bertz CT molecular complexity index is 469. The lowest BCUT2D eigenvalue weighted by molar-refractivity contribution is 0.0527. The van der Waals surface area contributed by atoms with Gasteiger partial charge in [-0.25, -0.2) is 9.78 Å². The summed E-state index contributed by atoms with van der Waals surface area (Å²) in [6.07, 6.45) is 1.44. The van der Waals surface area contributed by atoms with E-state index in [2.05, 4.69) is 15.6 Å². The molecule has 0 aliphatic carbocycles. The van der Waals surface area contributed by atoms with Crippen LogP contribution in [-0.4, -0.2) is 29.8 Å². The van der Waals surface area contributed by atoms with Gasteiger partial charge in [-0.1, -0.05) is 0 Å². The molecule has 0 fully saturated rings. The fraction of sp³-hybridized carbons (Fsp3) is 0.600. The predicted molar refractivity (Wildman–Crippen MR) is 85.3 cm³/mol. The Labute approximate surface area is 126 Å². The van der Waals surface area contributed by atoms with Crippen LogP contribution >= 0.6 is 0 Å². The largest absolute Gasteiger partial charge is 0.444 e. The molecule has 0 aliphatic heterocycles. The number of pyridine rings is 1. The van der Waals surface area contributed by atoms with Gasteiger partial charge in [0.15, 0.2) is 0 Å². The van der Waals surface area contributed by atoms with Crippen LogP contribution in [0.3, 0.4) is 0 Å². The second-order valence-electron chi connectivity index (χ2n) is 5.93. The minimum Gasteiger partial charge on any atom is -0.444 e. The van der Waals surface area contributed by atoms with Crippen LogP contribution in [0.5, 0.6) is 0 Å². The average Bonchev–Trinajstić information content (AvgIpc) is 2.35. The number of nitrogens with one attached hydrogen (secondary N) is 2. The summed E-state index contributed by atoms with van der Waals surface area (Å²) in [6.45, 7) is 8.82. The van der Waals surface area contributed by atoms with Crippen molar-refractivity contribution in [3.8, 4) is 0 Å². The van der Waals surface area contributed by atoms with Crippen LogP contribution in [-0.2, 0) is 4.74 Å². The minimum absolute atomic E-state index is 0.369. The quantitative estimate of drug-likeness (QED) is 0.702. The maximum absolute atomic E-state index is 11.4. The first-order valence-corrected chi connectivity index (χ1v) is 7.22. The molecule has 0 spiro atoms. The van der Waals surface area contributed by atoms with E-state index < -0.39 is 5.60 Å². The van der Waals surface area contributed by atoms with Crippen molar-refractivity contribution in [3.05, 3.63) is 17.8 Å². The molecule has 0 atom stereocenters. The number of nitrogen functional groups attached to an aromatic ring is 1. The van der Waals surface area contributed by atoms with Gasteiger partial charge in [0.05, 0.1) is 11.4 Å². The zero-order chi connectivity index (χ0) is 15.9. The molecule has 0 saturated heterocycles. The molecule has 0 saturated carbocycles. The Kier molecular flexibility index (Phi) is 6.27. The summed E-state index contributed by atoms with van der Waals surface area (Å²) in [4.78, 5) is 15.7. The lowest BCUT2D eigenvalue weighted by atomic mass is 10.2. The van der Waals surface area contributed by atoms with Crippen molar-refractivity contribution in [2.75, 3.05) is 24.1 Å². The second kappa shape index (κ2) is 7.71. The molecule has 21 heavy (non-hydrogen) atoms. The first kappa shape index (κ1) is 17.1. The number of rotatable bonds is 6. The van der Waals surface area contributed by atoms with Crippen LogP contribution < -0.4 is 16.4 Å². The highest BCUT2D eigenvalue weighted by Gasteiger charge is 2.15. The van der Waals surface area contributed by atoms with E-state index in [1.165, 1.54) is 0 Å². The maximum Gasteiger partial charge on any atom is 0.407 e. The van der Waals surface area contributed by atoms with Crippen molar-refractivity contribution < 1.29 is 9.53 Å². The SMILES string of the molecule is Cc1nc(NCCCCNC(=O)OC(C)(C)C)ccc1N. The highest BCUT2D eigenvalue weighted by molar-refractivity contribution is 5.67. The molecule has 1 amide bonds. The number of carbonyl (C=O) groups excluding carboxylic acids is 1. The topological polar surface area (TPSA) is 89.3 Å². The van der Waals surface area contributed by atoms with Gasteiger partial charge in [0, 0.05) is 13.1 Å². The highest BCUT2D eigenvalue weighted by Crippen LogP contribution is 2.11. The van der Waals surface area contributed by atoms with Crippen molar-refractivity contribution in [1.82, 2.24) is 10.3 Å². The van der Waals surface area contributed by atoms with E-state index in [1.54, 1.807) is 0 Å². The van der Waals surface area contributed by atoms with E-state index in [1.807, 2.05) is 39.8 Å². The van der Waals surface area contributed by atoms with Gasteiger partial charge in [-0.2, -0.15) is 0 Å². The number of anilines is 2. The number of ether oxygens (including phenoxy) is 1. The summed E-state index contributed by atoms with van der Waals surface area (Å²) in [5.41, 5.74) is 6.78. The molecule has 6 nitrogen and oxygen atoms in total. The number of carbonyl (C=O) groups is 1. The number of unbranched alkanes of at least 4 members (excludes halogenated alkanes) is 1. The molecule has 0 radical (unpaired) electrons. The number of nitrogens with two attached hydrogens (primary N) is 1. The normalized spacial score (nSPS) is 11.0. The van der Waals surface area contributed by atoms with Gasteiger partial charge >= 0.3 is 6.09 Å². The van der Waals surface area contributed by atoms with Crippen LogP contribution in [0.2, 0.25) is 0 Å². The molecule has 1 aromatic heterocycles. The van der Waals surface area contributed by atoms with Gasteiger partial charge < -0.3 is 21.1 Å². The van der Waals surface area contributed by atoms with Crippen molar-refractivity contribution >= 4 is 17.6 Å². The van der Waals surface area contributed by atoms with Crippen LogP contribution in [0.4, 0.5) is 16.3 Å². The van der Waals surface area contributed by atoms with Crippen molar-refractivity contribution in [3.63, 3.8) is 0 Å². The Balaban J connectivity index is 2.12. The van der Waals surface area contributed by atoms with Gasteiger partial charge in [-0.3, -0.25) is 0 Å². The molecule has 118 valence electrons. The number of aryl methyl sites for hydroxylation is 1. The fourth-order valence-electron chi connectivity index (χ4n) is 1.64. The van der Waals surface area contributed by atoms with Crippen LogP contribution in [0, 0.1) is 6.92 Å². The Morgan fingerprint density at radius 2 is 1.95 bits per heavy atom. The van der Waals surface area contributed by atoms with E-state index in [0.29, 0.717) is 12.2 Å². The molecule has 4 N–H and O–H groups in total. The summed E-state index contributed by atoms with van der Waals surface area (Å²) in [5, 5.41) is 5.96. The number of nitrogens with zero attached hydrogens (tertiary/aromatic N) is 1. The van der Waals surface area contributed by atoms with Crippen molar-refractivity contribution in [1.29, 1.82) is 0 Å². The molecule has 1 aromatic rings. The van der Waals surface area contributed by atoms with Crippen LogP contribution in [0.15, 0.2) is 12.1 Å². The molecular formula is C15H26N4O2. The molecule has 1 heterocycles. The lowest BCUT2D eigenvalue weighted by Crippen LogP contribution is -2.33. The monoisotopic (exact) mass is 294 g/mol. The average molecular weight is 294 g/mol. The van der Waals surface area contributed by atoms with E-state index in [-0.39, 0.29) is 6.09 Å². The Morgan fingerprint density at radius 3 is 2.57 bits per heavy atom. The zero-order valence-corrected chi connectivity index (χ0v) is 13.3. The first-order valence-electron chi connectivity index (χ1n) is 7.22. The summed E-state index contributed by atoms with van der Waals surface area (Å²) in [7, 11) is 0. The summed E-state index contributed by atoms with van der Waals surface area (Å²) < 4.78 is 5.15. The number of hydrogen-bond donors (Lipinski definition) is 3. The number of aromatic nitrogens is 1. The first-order chi connectivity index (χ1) is 9.78. The molecule has 0 aromatic carbocycles. The maximum atomic E-state index is 11.4. The van der Waals surface area contributed by atoms with Crippen molar-refractivity contribution in [2.24, 2.45) is 0 Å². The third-order valence-electron chi connectivity index (χ3n) is 2.70. The molecule has 6 heteroatoms. The number of hydrogen-bond acceptors (Lipinski definition) is 5. The highest BCUT2D eigenvalue weighted by atomic mass is 16.6. The van der Waals surface area contributed by atoms with Gasteiger partial charge in [0.1, 0.15) is 11.4 Å². The van der Waals surface area contributed by atoms with E-state index in [0.717, 1.165) is 30.9 Å². The summed E-state index contributed by atoms with van der Waals surface area (Å²) in [6, 6.07) is 3.70. The number of alkyl carbamates (subject to hydrolysis) is 1. The summed E-state index contributed by atoms with van der Waals surface area (Å²) >= 11 is 0. The third-order valence-corrected chi connectivity index (χ3v) is 2.70. The second-order valence-corrected chi connectivity index (χ2v) is 5.93. The molecule has 0 unspecified atom stereocenters. The fourth-order valence-corrected chi connectivity index (χ4v) is 1.64. The zero-order valence-electron chi connectivity index (χ0n) is 13.3. The lowest BCUT2D eigenvalue weighted by Gasteiger charge is -2.19. The summed E-state index contributed by atoms with van der Waals surface area (Å²) in [5.74, 6) is 0.821. The van der Waals surface area contributed by atoms with Gasteiger partial charge in [0.25, 0.3) is 0 Å². The number of amides is 1. The Morgan fingerprint density at radius 1 is 1.29 bits per heavy atom. The minimum atomic E-state index is -0.454. The van der Waals surface area contributed by atoms with Crippen LogP contribution in [0.1, 0.15) is 39.3 Å². The van der Waals surface area contributed by atoms with E-state index in [4.69, 9.17) is 10.5 Å².